The van der Waals surface area contributed by atoms with Crippen molar-refractivity contribution in [2.45, 2.75) is 40.2 Å². The van der Waals surface area contributed by atoms with Gasteiger partial charge in [-0.1, -0.05) is 13.8 Å². The minimum absolute atomic E-state index is 0.378. The highest BCUT2D eigenvalue weighted by Gasteiger charge is 2.30. The van der Waals surface area contributed by atoms with Gasteiger partial charge in [-0.25, -0.2) is 0 Å². The van der Waals surface area contributed by atoms with Crippen LogP contribution in [0.1, 0.15) is 34.1 Å². The van der Waals surface area contributed by atoms with Gasteiger partial charge in [0.1, 0.15) is 0 Å². The molecule has 0 bridgehead atoms. The highest BCUT2D eigenvalue weighted by molar-refractivity contribution is 5.79. The zero-order chi connectivity index (χ0) is 12.7. The Morgan fingerprint density at radius 3 is 2.47 bits per heavy atom. The van der Waals surface area contributed by atoms with Crippen molar-refractivity contribution >= 4 is 5.96 Å². The van der Waals surface area contributed by atoms with Crippen LogP contribution >= 0.6 is 0 Å². The van der Waals surface area contributed by atoms with Crippen LogP contribution in [0, 0.1) is 11.8 Å². The summed E-state index contributed by atoms with van der Waals surface area (Å²) < 4.78 is 5.77. The van der Waals surface area contributed by atoms with Crippen molar-refractivity contribution in [3.8, 4) is 0 Å². The Labute approximate surface area is 105 Å². The number of ether oxygens (including phenoxy) is 1. The fraction of sp³-hybridized carbons (Fsp3) is 0.923. The number of rotatable bonds is 5. The fourth-order valence-corrected chi connectivity index (χ4v) is 2.31. The molecular formula is C13H27N3O. The van der Waals surface area contributed by atoms with E-state index in [0.717, 1.165) is 38.6 Å². The molecule has 0 spiro atoms. The molecule has 2 atom stereocenters. The second-order valence-corrected chi connectivity index (χ2v) is 4.88. The van der Waals surface area contributed by atoms with Crippen molar-refractivity contribution in [1.29, 1.82) is 0 Å². The molecule has 4 nitrogen and oxygen atoms in total. The first kappa shape index (κ1) is 14.3. The molecule has 1 fully saturated rings. The first-order chi connectivity index (χ1) is 8.19. The molecule has 1 saturated heterocycles. The van der Waals surface area contributed by atoms with Gasteiger partial charge < -0.3 is 15.4 Å². The van der Waals surface area contributed by atoms with Crippen molar-refractivity contribution in [1.82, 2.24) is 10.6 Å². The summed E-state index contributed by atoms with van der Waals surface area (Å²) in [6.07, 6.45) is 1.51. The summed E-state index contributed by atoms with van der Waals surface area (Å²) >= 11 is 0. The van der Waals surface area contributed by atoms with Crippen LogP contribution in [-0.4, -0.2) is 38.3 Å². The first-order valence-electron chi connectivity index (χ1n) is 6.82. The number of hydrogen-bond acceptors (Lipinski definition) is 2. The minimum atomic E-state index is 0.378. The molecule has 1 aliphatic heterocycles. The van der Waals surface area contributed by atoms with E-state index >= 15 is 0 Å². The molecule has 4 heteroatoms. The molecule has 1 heterocycles. The third-order valence-electron chi connectivity index (χ3n) is 3.09. The maximum absolute atomic E-state index is 5.77. The molecule has 0 radical (unpaired) electrons. The molecule has 0 aromatic rings. The van der Waals surface area contributed by atoms with Gasteiger partial charge in [0.15, 0.2) is 5.96 Å². The number of aliphatic imine (C=N–C) groups is 1. The van der Waals surface area contributed by atoms with Crippen LogP contribution in [0.5, 0.6) is 0 Å². The Balaban J connectivity index is 2.48. The van der Waals surface area contributed by atoms with E-state index in [1.807, 2.05) is 0 Å². The number of nitrogens with zero attached hydrogens (tertiary/aromatic N) is 1. The van der Waals surface area contributed by atoms with E-state index in [1.54, 1.807) is 0 Å². The van der Waals surface area contributed by atoms with E-state index < -0.39 is 0 Å². The summed E-state index contributed by atoms with van der Waals surface area (Å²) in [7, 11) is 0. The van der Waals surface area contributed by atoms with E-state index in [9.17, 15) is 0 Å². The van der Waals surface area contributed by atoms with Crippen LogP contribution in [0.3, 0.4) is 0 Å². The van der Waals surface area contributed by atoms with Crippen LogP contribution in [-0.2, 0) is 4.74 Å². The normalized spacial score (nSPS) is 23.8. The lowest BCUT2D eigenvalue weighted by atomic mass is 9.93. The van der Waals surface area contributed by atoms with Crippen molar-refractivity contribution in [3.63, 3.8) is 0 Å². The molecule has 0 saturated carbocycles. The standard InChI is InChI=1S/C13H27N3O/c1-5-14-13(15-6-2)16-9-11-7-8-17-12(11)10(3)4/h10-12H,5-9H2,1-4H3,(H2,14,15,16)/t11-,12-/m1/s1. The Morgan fingerprint density at radius 2 is 1.94 bits per heavy atom. The number of guanidine groups is 1. The summed E-state index contributed by atoms with van der Waals surface area (Å²) in [4.78, 5) is 4.63. The molecule has 1 aliphatic rings. The molecule has 1 rings (SSSR count). The monoisotopic (exact) mass is 241 g/mol. The van der Waals surface area contributed by atoms with Crippen molar-refractivity contribution < 1.29 is 4.74 Å². The van der Waals surface area contributed by atoms with Gasteiger partial charge in [0.2, 0.25) is 0 Å². The van der Waals surface area contributed by atoms with Crippen LogP contribution in [0.25, 0.3) is 0 Å². The lowest BCUT2D eigenvalue weighted by molar-refractivity contribution is 0.0559. The zero-order valence-electron chi connectivity index (χ0n) is 11.6. The van der Waals surface area contributed by atoms with Gasteiger partial charge >= 0.3 is 0 Å². The van der Waals surface area contributed by atoms with Gasteiger partial charge in [0.05, 0.1) is 6.10 Å². The zero-order valence-corrected chi connectivity index (χ0v) is 11.6. The number of hydrogen-bond donors (Lipinski definition) is 2. The van der Waals surface area contributed by atoms with Crippen LogP contribution < -0.4 is 10.6 Å². The molecule has 0 aromatic carbocycles. The molecule has 100 valence electrons. The van der Waals surface area contributed by atoms with E-state index in [-0.39, 0.29) is 0 Å². The maximum atomic E-state index is 5.77. The maximum Gasteiger partial charge on any atom is 0.191 e. The van der Waals surface area contributed by atoms with Gasteiger partial charge in [-0.3, -0.25) is 4.99 Å². The smallest absolute Gasteiger partial charge is 0.191 e. The van der Waals surface area contributed by atoms with E-state index in [0.29, 0.717) is 17.9 Å². The van der Waals surface area contributed by atoms with E-state index in [4.69, 9.17) is 4.74 Å². The SMILES string of the molecule is CCNC(=NC[C@H]1CCO[C@@H]1C(C)C)NCC. The van der Waals surface area contributed by atoms with Crippen molar-refractivity contribution in [3.05, 3.63) is 0 Å². The van der Waals surface area contributed by atoms with Crippen molar-refractivity contribution in [2.24, 2.45) is 16.8 Å². The fourth-order valence-electron chi connectivity index (χ4n) is 2.31. The molecule has 0 aromatic heterocycles. The van der Waals surface area contributed by atoms with E-state index in [2.05, 4.69) is 43.3 Å². The second kappa shape index (κ2) is 7.54. The van der Waals surface area contributed by atoms with Gasteiger partial charge in [-0.2, -0.15) is 0 Å². The van der Waals surface area contributed by atoms with Gasteiger partial charge in [-0.15, -0.1) is 0 Å². The first-order valence-corrected chi connectivity index (χ1v) is 6.82. The van der Waals surface area contributed by atoms with E-state index in [1.165, 1.54) is 0 Å². The topological polar surface area (TPSA) is 45.7 Å². The van der Waals surface area contributed by atoms with Crippen molar-refractivity contribution in [2.75, 3.05) is 26.2 Å². The van der Waals surface area contributed by atoms with Gasteiger partial charge in [0, 0.05) is 32.2 Å². The third kappa shape index (κ3) is 4.54. The average Bonchev–Trinajstić information content (AvgIpc) is 2.74. The Hall–Kier alpha value is -0.770. The molecule has 2 N–H and O–H groups in total. The van der Waals surface area contributed by atoms with Crippen LogP contribution in [0.4, 0.5) is 0 Å². The Bertz CT molecular complexity index is 233. The highest BCUT2D eigenvalue weighted by Crippen LogP contribution is 2.26. The molecular weight excluding hydrogens is 214 g/mol. The lowest BCUT2D eigenvalue weighted by Gasteiger charge is -2.21. The molecule has 0 amide bonds. The average molecular weight is 241 g/mol. The molecule has 0 unspecified atom stereocenters. The summed E-state index contributed by atoms with van der Waals surface area (Å²) in [5, 5.41) is 6.50. The number of nitrogens with one attached hydrogen (secondary N) is 2. The summed E-state index contributed by atoms with van der Waals surface area (Å²) in [5.74, 6) is 2.08. The quantitative estimate of drug-likeness (QED) is 0.568. The predicted molar refractivity (Wildman–Crippen MR) is 72.3 cm³/mol. The minimum Gasteiger partial charge on any atom is -0.378 e. The lowest BCUT2D eigenvalue weighted by Crippen LogP contribution is -2.37. The van der Waals surface area contributed by atoms with Crippen LogP contribution in [0.15, 0.2) is 4.99 Å². The summed E-state index contributed by atoms with van der Waals surface area (Å²) in [5.41, 5.74) is 0. The molecule has 17 heavy (non-hydrogen) atoms. The Morgan fingerprint density at radius 1 is 1.29 bits per heavy atom. The summed E-state index contributed by atoms with van der Waals surface area (Å²) in [6.45, 7) is 12.2. The highest BCUT2D eigenvalue weighted by atomic mass is 16.5. The van der Waals surface area contributed by atoms with Gasteiger partial charge in [0.25, 0.3) is 0 Å². The summed E-state index contributed by atoms with van der Waals surface area (Å²) in [6, 6.07) is 0. The largest absolute Gasteiger partial charge is 0.378 e. The predicted octanol–water partition coefficient (Wildman–Crippen LogP) is 1.62. The van der Waals surface area contributed by atoms with Crippen LogP contribution in [0.2, 0.25) is 0 Å². The third-order valence-corrected chi connectivity index (χ3v) is 3.09. The second-order valence-electron chi connectivity index (χ2n) is 4.88. The van der Waals surface area contributed by atoms with Gasteiger partial charge in [-0.05, 0) is 26.2 Å². The molecule has 0 aliphatic carbocycles. The Kier molecular flexibility index (Phi) is 6.34.